The molecule has 2 N–H and O–H groups in total. The normalized spacial score (nSPS) is 10.7. The van der Waals surface area contributed by atoms with Gasteiger partial charge in [0.25, 0.3) is 5.91 Å². The summed E-state index contributed by atoms with van der Waals surface area (Å²) in [6.45, 7) is 8.42. The van der Waals surface area contributed by atoms with Gasteiger partial charge < -0.3 is 15.4 Å². The highest BCUT2D eigenvalue weighted by atomic mass is 16.5. The predicted octanol–water partition coefficient (Wildman–Crippen LogP) is 4.57. The third-order valence-electron chi connectivity index (χ3n) is 3.61. The van der Waals surface area contributed by atoms with Gasteiger partial charge >= 0.3 is 0 Å². The largest absolute Gasteiger partial charge is 0.493 e. The van der Waals surface area contributed by atoms with Crippen LogP contribution in [0.4, 0.5) is 11.4 Å². The molecule has 0 aromatic heterocycles. The van der Waals surface area contributed by atoms with E-state index in [9.17, 15) is 9.59 Å². The van der Waals surface area contributed by atoms with Gasteiger partial charge in [0.15, 0.2) is 0 Å². The quantitative estimate of drug-likeness (QED) is 0.765. The molecule has 0 aliphatic carbocycles. The average Bonchev–Trinajstić information content (AvgIpc) is 2.61. The number of nitrogens with one attached hydrogen (secondary N) is 2. The average molecular weight is 354 g/mol. The number of hydrogen-bond donors (Lipinski definition) is 2. The molecule has 2 rings (SSSR count). The van der Waals surface area contributed by atoms with Crippen molar-refractivity contribution >= 4 is 23.2 Å². The van der Waals surface area contributed by atoms with E-state index >= 15 is 0 Å². The van der Waals surface area contributed by atoms with E-state index in [2.05, 4.69) is 24.5 Å². The Hall–Kier alpha value is -2.82. The standard InChI is InChI=1S/C21H26N2O3/c1-14(2)13-26-19-7-5-6-16(12-19)21(25)23-18-10-8-17(9-11-18)22-20(24)15(3)4/h5-12,14-15H,13H2,1-4H3,(H,22,24)(H,23,25). The zero-order valence-electron chi connectivity index (χ0n) is 15.7. The second-order valence-electron chi connectivity index (χ2n) is 6.91. The first-order chi connectivity index (χ1) is 12.3. The molecule has 0 heterocycles. The minimum atomic E-state index is -0.209. The zero-order chi connectivity index (χ0) is 19.1. The molecule has 0 atom stereocenters. The van der Waals surface area contributed by atoms with E-state index in [0.29, 0.717) is 35.2 Å². The fourth-order valence-corrected chi connectivity index (χ4v) is 2.12. The zero-order valence-corrected chi connectivity index (χ0v) is 15.7. The molecule has 2 aromatic carbocycles. The Morgan fingerprint density at radius 2 is 1.54 bits per heavy atom. The van der Waals surface area contributed by atoms with E-state index in [-0.39, 0.29) is 17.7 Å². The Kier molecular flexibility index (Phi) is 6.78. The maximum Gasteiger partial charge on any atom is 0.255 e. The number of anilines is 2. The third kappa shape index (κ3) is 5.92. The van der Waals surface area contributed by atoms with Gasteiger partial charge in [-0.1, -0.05) is 33.8 Å². The highest BCUT2D eigenvalue weighted by molar-refractivity contribution is 6.04. The fraction of sp³-hybridized carbons (Fsp3) is 0.333. The molecule has 0 fully saturated rings. The van der Waals surface area contributed by atoms with Crippen molar-refractivity contribution in [1.82, 2.24) is 0 Å². The second-order valence-corrected chi connectivity index (χ2v) is 6.91. The van der Waals surface area contributed by atoms with Crippen molar-refractivity contribution in [3.63, 3.8) is 0 Å². The molecule has 0 unspecified atom stereocenters. The number of carbonyl (C=O) groups is 2. The summed E-state index contributed by atoms with van der Waals surface area (Å²) in [5.74, 6) is 0.763. The number of carbonyl (C=O) groups excluding carboxylic acids is 2. The van der Waals surface area contributed by atoms with Crippen LogP contribution in [0.25, 0.3) is 0 Å². The monoisotopic (exact) mass is 354 g/mol. The molecule has 2 aromatic rings. The van der Waals surface area contributed by atoms with E-state index in [1.807, 2.05) is 19.9 Å². The van der Waals surface area contributed by atoms with E-state index < -0.39 is 0 Å². The van der Waals surface area contributed by atoms with E-state index in [1.54, 1.807) is 42.5 Å². The van der Waals surface area contributed by atoms with Gasteiger partial charge in [-0.05, 0) is 48.4 Å². The van der Waals surface area contributed by atoms with E-state index in [0.717, 1.165) is 0 Å². The van der Waals surface area contributed by atoms with Gasteiger partial charge in [0.1, 0.15) is 5.75 Å². The Morgan fingerprint density at radius 1 is 0.923 bits per heavy atom. The van der Waals surface area contributed by atoms with Gasteiger partial charge in [0, 0.05) is 22.9 Å². The molecule has 2 amide bonds. The minimum absolute atomic E-state index is 0.0417. The van der Waals surface area contributed by atoms with Gasteiger partial charge in [0.2, 0.25) is 5.91 Å². The smallest absolute Gasteiger partial charge is 0.255 e. The molecule has 0 bridgehead atoms. The van der Waals surface area contributed by atoms with Crippen molar-refractivity contribution in [2.75, 3.05) is 17.2 Å². The summed E-state index contributed by atoms with van der Waals surface area (Å²) in [4.78, 5) is 24.1. The topological polar surface area (TPSA) is 67.4 Å². The second kappa shape index (κ2) is 9.04. The molecular formula is C21H26N2O3. The van der Waals surface area contributed by atoms with Crippen molar-refractivity contribution in [3.8, 4) is 5.75 Å². The molecule has 0 aliphatic heterocycles. The first-order valence-corrected chi connectivity index (χ1v) is 8.80. The lowest BCUT2D eigenvalue weighted by molar-refractivity contribution is -0.118. The SMILES string of the molecule is CC(C)COc1cccc(C(=O)Nc2ccc(NC(=O)C(C)C)cc2)c1. The molecule has 0 spiro atoms. The van der Waals surface area contributed by atoms with Crippen LogP contribution in [-0.2, 0) is 4.79 Å². The van der Waals surface area contributed by atoms with Crippen LogP contribution < -0.4 is 15.4 Å². The fourth-order valence-electron chi connectivity index (χ4n) is 2.12. The Morgan fingerprint density at radius 3 is 2.12 bits per heavy atom. The Labute approximate surface area is 154 Å². The summed E-state index contributed by atoms with van der Waals surface area (Å²) in [5, 5.41) is 5.66. The molecule has 0 saturated carbocycles. The Bertz CT molecular complexity index is 752. The van der Waals surface area contributed by atoms with Crippen LogP contribution in [0.3, 0.4) is 0 Å². The van der Waals surface area contributed by atoms with Crippen molar-refractivity contribution in [3.05, 3.63) is 54.1 Å². The maximum absolute atomic E-state index is 12.4. The van der Waals surface area contributed by atoms with Crippen LogP contribution in [0.5, 0.6) is 5.75 Å². The van der Waals surface area contributed by atoms with Gasteiger partial charge in [-0.2, -0.15) is 0 Å². The van der Waals surface area contributed by atoms with Crippen LogP contribution in [0.2, 0.25) is 0 Å². The van der Waals surface area contributed by atoms with Crippen LogP contribution in [-0.4, -0.2) is 18.4 Å². The number of benzene rings is 2. The summed E-state index contributed by atoms with van der Waals surface area (Å²) in [5.41, 5.74) is 1.89. The predicted molar refractivity (Wildman–Crippen MR) is 105 cm³/mol. The first kappa shape index (κ1) is 19.5. The highest BCUT2D eigenvalue weighted by Gasteiger charge is 2.09. The molecular weight excluding hydrogens is 328 g/mol. The van der Waals surface area contributed by atoms with Crippen molar-refractivity contribution < 1.29 is 14.3 Å². The van der Waals surface area contributed by atoms with Crippen LogP contribution in [0, 0.1) is 11.8 Å². The summed E-state index contributed by atoms with van der Waals surface area (Å²) in [7, 11) is 0. The highest BCUT2D eigenvalue weighted by Crippen LogP contribution is 2.18. The third-order valence-corrected chi connectivity index (χ3v) is 3.61. The molecule has 5 heteroatoms. The van der Waals surface area contributed by atoms with Gasteiger partial charge in [-0.25, -0.2) is 0 Å². The summed E-state index contributed by atoms with van der Waals surface area (Å²) in [6, 6.07) is 14.2. The van der Waals surface area contributed by atoms with Crippen molar-refractivity contribution in [2.45, 2.75) is 27.7 Å². The van der Waals surface area contributed by atoms with E-state index in [1.165, 1.54) is 0 Å². The number of ether oxygens (including phenoxy) is 1. The lowest BCUT2D eigenvalue weighted by Gasteiger charge is -2.11. The first-order valence-electron chi connectivity index (χ1n) is 8.80. The summed E-state index contributed by atoms with van der Waals surface area (Å²) < 4.78 is 5.66. The minimum Gasteiger partial charge on any atom is -0.493 e. The molecule has 5 nitrogen and oxygen atoms in total. The van der Waals surface area contributed by atoms with Gasteiger partial charge in [-0.3, -0.25) is 9.59 Å². The van der Waals surface area contributed by atoms with Crippen molar-refractivity contribution in [2.24, 2.45) is 11.8 Å². The summed E-state index contributed by atoms with van der Waals surface area (Å²) >= 11 is 0. The lowest BCUT2D eigenvalue weighted by Crippen LogP contribution is -2.17. The molecule has 0 radical (unpaired) electrons. The van der Waals surface area contributed by atoms with Crippen LogP contribution in [0.15, 0.2) is 48.5 Å². The van der Waals surface area contributed by atoms with Crippen LogP contribution in [0.1, 0.15) is 38.1 Å². The number of amides is 2. The Balaban J connectivity index is 1.99. The van der Waals surface area contributed by atoms with Gasteiger partial charge in [-0.15, -0.1) is 0 Å². The maximum atomic E-state index is 12.4. The molecule has 26 heavy (non-hydrogen) atoms. The van der Waals surface area contributed by atoms with E-state index in [4.69, 9.17) is 4.74 Å². The molecule has 138 valence electrons. The van der Waals surface area contributed by atoms with Crippen LogP contribution >= 0.6 is 0 Å². The van der Waals surface area contributed by atoms with Crippen molar-refractivity contribution in [1.29, 1.82) is 0 Å². The molecule has 0 aliphatic rings. The molecule has 0 saturated heterocycles. The summed E-state index contributed by atoms with van der Waals surface area (Å²) in [6.07, 6.45) is 0. The lowest BCUT2D eigenvalue weighted by atomic mass is 10.2. The number of hydrogen-bond acceptors (Lipinski definition) is 3. The number of rotatable bonds is 7. The van der Waals surface area contributed by atoms with Gasteiger partial charge in [0.05, 0.1) is 6.61 Å².